The van der Waals surface area contributed by atoms with Crippen LogP contribution in [0.1, 0.15) is 5.56 Å². The van der Waals surface area contributed by atoms with Gasteiger partial charge in [-0.15, -0.1) is 0 Å². The topological polar surface area (TPSA) is 76.1 Å². The molecule has 6 nitrogen and oxygen atoms in total. The summed E-state index contributed by atoms with van der Waals surface area (Å²) in [5.74, 6) is 0.901. The molecule has 0 aliphatic carbocycles. The average Bonchev–Trinajstić information content (AvgIpc) is 3.16. The summed E-state index contributed by atoms with van der Waals surface area (Å²) in [4.78, 5) is 1.90. The number of rotatable bonds is 6. The number of ether oxygens (including phenoxy) is 2. The van der Waals surface area contributed by atoms with Gasteiger partial charge < -0.3 is 14.6 Å². The van der Waals surface area contributed by atoms with Gasteiger partial charge in [-0.05, 0) is 23.3 Å². The Balaban J connectivity index is 1.40. The summed E-state index contributed by atoms with van der Waals surface area (Å²) in [7, 11) is -2.95. The maximum atomic E-state index is 14.2. The van der Waals surface area contributed by atoms with Crippen molar-refractivity contribution in [2.75, 3.05) is 44.4 Å². The third kappa shape index (κ3) is 4.88. The minimum atomic E-state index is -2.95. The van der Waals surface area contributed by atoms with Gasteiger partial charge in [0.05, 0.1) is 18.1 Å². The van der Waals surface area contributed by atoms with E-state index in [1.807, 2.05) is 23.1 Å². The van der Waals surface area contributed by atoms with Gasteiger partial charge in [0.2, 0.25) is 0 Å². The predicted octanol–water partition coefficient (Wildman–Crippen LogP) is 1.90. The molecule has 4 rings (SSSR count). The Kier molecular flexibility index (Phi) is 5.76. The number of nitrogens with zero attached hydrogens (tertiary/aromatic N) is 1. The number of aliphatic hydroxyl groups excluding tert-OH is 1. The summed E-state index contributed by atoms with van der Waals surface area (Å²) in [6.07, 6.45) is 0.0399. The third-order valence-corrected chi connectivity index (χ3v) is 6.85. The second kappa shape index (κ2) is 8.30. The monoisotopic (exact) mass is 421 g/mol. The first kappa shape index (κ1) is 20.1. The zero-order valence-electron chi connectivity index (χ0n) is 16.0. The van der Waals surface area contributed by atoms with Gasteiger partial charge in [-0.25, -0.2) is 12.8 Å². The highest BCUT2D eigenvalue weighted by molar-refractivity contribution is 7.91. The molecule has 0 aromatic heterocycles. The normalized spacial score (nSPS) is 19.4. The van der Waals surface area contributed by atoms with E-state index in [0.29, 0.717) is 37.6 Å². The van der Waals surface area contributed by atoms with E-state index in [2.05, 4.69) is 0 Å². The van der Waals surface area contributed by atoms with Crippen LogP contribution in [0.15, 0.2) is 36.4 Å². The van der Waals surface area contributed by atoms with Crippen LogP contribution in [0, 0.1) is 5.82 Å². The Bertz CT molecular complexity index is 981. The van der Waals surface area contributed by atoms with E-state index in [9.17, 15) is 17.9 Å². The van der Waals surface area contributed by atoms with Crippen molar-refractivity contribution in [1.29, 1.82) is 0 Å². The lowest BCUT2D eigenvalue weighted by Crippen LogP contribution is -2.44. The first-order valence-corrected chi connectivity index (χ1v) is 11.5. The Labute approximate surface area is 169 Å². The number of halogens is 1. The molecule has 1 saturated heterocycles. The van der Waals surface area contributed by atoms with Gasteiger partial charge in [0.25, 0.3) is 0 Å². The van der Waals surface area contributed by atoms with Gasteiger partial charge in [-0.1, -0.05) is 18.2 Å². The van der Waals surface area contributed by atoms with Crippen LogP contribution in [-0.4, -0.2) is 68.9 Å². The van der Waals surface area contributed by atoms with E-state index >= 15 is 0 Å². The molecular formula is C21H24FNO5S. The van der Waals surface area contributed by atoms with Crippen LogP contribution in [0.5, 0.6) is 11.5 Å². The van der Waals surface area contributed by atoms with Gasteiger partial charge in [0.1, 0.15) is 30.0 Å². The number of aliphatic hydroxyl groups is 1. The van der Waals surface area contributed by atoms with Crippen LogP contribution in [0.4, 0.5) is 4.39 Å². The molecule has 2 aromatic rings. The van der Waals surface area contributed by atoms with Crippen molar-refractivity contribution in [3.05, 3.63) is 47.8 Å². The van der Waals surface area contributed by atoms with Crippen molar-refractivity contribution in [1.82, 2.24) is 4.90 Å². The van der Waals surface area contributed by atoms with Gasteiger partial charge in [-0.2, -0.15) is 0 Å². The molecule has 0 radical (unpaired) electrons. The van der Waals surface area contributed by atoms with E-state index < -0.39 is 21.8 Å². The lowest BCUT2D eigenvalue weighted by molar-refractivity contribution is 0.0709. The number of hydrogen-bond donors (Lipinski definition) is 1. The van der Waals surface area contributed by atoms with Crippen LogP contribution in [0.25, 0.3) is 11.1 Å². The lowest BCUT2D eigenvalue weighted by atomic mass is 10.0. The van der Waals surface area contributed by atoms with Crippen molar-refractivity contribution >= 4 is 9.84 Å². The number of β-amino-alcohol motifs (C(OH)–C–C–N with tert-alkyl or cyclic N) is 1. The van der Waals surface area contributed by atoms with Crippen molar-refractivity contribution in [2.45, 2.75) is 12.5 Å². The Morgan fingerprint density at radius 2 is 2.00 bits per heavy atom. The minimum Gasteiger partial charge on any atom is -0.492 e. The Morgan fingerprint density at radius 1 is 1.21 bits per heavy atom. The molecule has 1 atom stereocenters. The zero-order chi connectivity index (χ0) is 20.4. The van der Waals surface area contributed by atoms with E-state index in [1.54, 1.807) is 6.07 Å². The van der Waals surface area contributed by atoms with Crippen LogP contribution in [0.2, 0.25) is 0 Å². The first-order chi connectivity index (χ1) is 13.9. The molecule has 1 fully saturated rings. The fourth-order valence-corrected chi connectivity index (χ4v) is 5.00. The third-order valence-electron chi connectivity index (χ3n) is 5.25. The number of hydrogen-bond acceptors (Lipinski definition) is 6. The molecule has 0 saturated carbocycles. The zero-order valence-corrected chi connectivity index (χ0v) is 16.8. The number of benzene rings is 2. The van der Waals surface area contributed by atoms with Gasteiger partial charge >= 0.3 is 0 Å². The van der Waals surface area contributed by atoms with Crippen molar-refractivity contribution in [3.63, 3.8) is 0 Å². The molecule has 8 heteroatoms. The highest BCUT2D eigenvalue weighted by Crippen LogP contribution is 2.38. The van der Waals surface area contributed by atoms with Crippen LogP contribution in [0.3, 0.4) is 0 Å². The first-order valence-electron chi connectivity index (χ1n) is 9.69. The molecular weight excluding hydrogens is 397 g/mol. The fraction of sp³-hybridized carbons (Fsp3) is 0.429. The highest BCUT2D eigenvalue weighted by atomic mass is 32.2. The molecule has 0 bridgehead atoms. The molecule has 2 aliphatic rings. The van der Waals surface area contributed by atoms with Gasteiger partial charge in [0, 0.05) is 37.7 Å². The predicted molar refractivity (Wildman–Crippen MR) is 108 cm³/mol. The second-order valence-electron chi connectivity index (χ2n) is 7.49. The molecule has 2 heterocycles. The highest BCUT2D eigenvalue weighted by Gasteiger charge is 2.23. The van der Waals surface area contributed by atoms with Crippen molar-refractivity contribution < 1.29 is 27.4 Å². The van der Waals surface area contributed by atoms with E-state index in [4.69, 9.17) is 9.47 Å². The molecule has 1 unspecified atom stereocenters. The SMILES string of the molecule is O=S1(=O)CCN(CC(O)COc2cc(F)cc(-c3cccc4c3OCC4)c2)CC1. The van der Waals surface area contributed by atoms with E-state index in [1.165, 1.54) is 12.1 Å². The Morgan fingerprint density at radius 3 is 2.79 bits per heavy atom. The molecule has 2 aliphatic heterocycles. The smallest absolute Gasteiger partial charge is 0.152 e. The lowest BCUT2D eigenvalue weighted by Gasteiger charge is -2.28. The van der Waals surface area contributed by atoms with Crippen LogP contribution in [-0.2, 0) is 16.3 Å². The second-order valence-corrected chi connectivity index (χ2v) is 9.79. The van der Waals surface area contributed by atoms with Crippen LogP contribution < -0.4 is 9.47 Å². The minimum absolute atomic E-state index is 0.00442. The number of para-hydroxylation sites is 1. The maximum absolute atomic E-state index is 14.2. The average molecular weight is 421 g/mol. The fourth-order valence-electron chi connectivity index (χ4n) is 3.72. The standard InChI is InChI=1S/C21H24FNO5S/c22-17-10-16(20-3-1-2-15-4-7-27-21(15)20)11-19(12-17)28-14-18(24)13-23-5-8-29(25,26)9-6-23/h1-3,10-12,18,24H,4-9,13-14H2. The van der Waals surface area contributed by atoms with E-state index in [0.717, 1.165) is 23.3 Å². The molecule has 1 N–H and O–H groups in total. The number of fused-ring (bicyclic) bond motifs is 1. The van der Waals surface area contributed by atoms with Crippen molar-refractivity contribution in [3.8, 4) is 22.6 Å². The number of sulfone groups is 1. The summed E-state index contributed by atoms with van der Waals surface area (Å²) in [5.41, 5.74) is 2.59. The maximum Gasteiger partial charge on any atom is 0.152 e. The van der Waals surface area contributed by atoms with Gasteiger partial charge in [-0.3, -0.25) is 4.90 Å². The summed E-state index contributed by atoms with van der Waals surface area (Å²) in [6.45, 7) is 1.74. The van der Waals surface area contributed by atoms with E-state index in [-0.39, 0.29) is 18.1 Å². The summed E-state index contributed by atoms with van der Waals surface area (Å²) in [6, 6.07) is 10.3. The molecule has 0 amide bonds. The summed E-state index contributed by atoms with van der Waals surface area (Å²) in [5, 5.41) is 10.2. The van der Waals surface area contributed by atoms with Crippen LogP contribution >= 0.6 is 0 Å². The molecule has 2 aromatic carbocycles. The largest absolute Gasteiger partial charge is 0.492 e. The Hall–Kier alpha value is -2.16. The molecule has 0 spiro atoms. The quantitative estimate of drug-likeness (QED) is 0.768. The molecule has 156 valence electrons. The van der Waals surface area contributed by atoms with Gasteiger partial charge in [0.15, 0.2) is 9.84 Å². The van der Waals surface area contributed by atoms with Crippen molar-refractivity contribution in [2.24, 2.45) is 0 Å². The molecule has 29 heavy (non-hydrogen) atoms. The summed E-state index contributed by atoms with van der Waals surface area (Å²) >= 11 is 0. The summed E-state index contributed by atoms with van der Waals surface area (Å²) < 4.78 is 48.5.